The predicted molar refractivity (Wildman–Crippen MR) is 70.3 cm³/mol. The largest absolute Gasteiger partial charge is 0.308 e. The van der Waals surface area contributed by atoms with E-state index >= 15 is 0 Å². The van der Waals surface area contributed by atoms with E-state index in [-0.39, 0.29) is 6.04 Å². The molecule has 2 heterocycles. The van der Waals surface area contributed by atoms with Crippen molar-refractivity contribution in [3.05, 3.63) is 21.5 Å². The summed E-state index contributed by atoms with van der Waals surface area (Å²) < 4.78 is 0. The minimum atomic E-state index is 0.245. The maximum absolute atomic E-state index is 6.06. The van der Waals surface area contributed by atoms with Crippen LogP contribution in [0.1, 0.15) is 24.9 Å². The Balaban J connectivity index is 2.23. The van der Waals surface area contributed by atoms with Crippen LogP contribution in [0, 0.1) is 0 Å². The molecule has 6 heteroatoms. The van der Waals surface area contributed by atoms with Crippen molar-refractivity contribution in [2.75, 3.05) is 6.54 Å². The third-order valence-corrected chi connectivity index (χ3v) is 4.73. The minimum Gasteiger partial charge on any atom is -0.308 e. The lowest BCUT2D eigenvalue weighted by molar-refractivity contribution is 0.590. The van der Waals surface area contributed by atoms with Crippen molar-refractivity contribution >= 4 is 34.3 Å². The Morgan fingerprint density at radius 1 is 1.50 bits per heavy atom. The first-order valence-electron chi connectivity index (χ1n) is 5.02. The Hall–Kier alpha value is -0.490. The summed E-state index contributed by atoms with van der Waals surface area (Å²) in [5.74, 6) is 0. The summed E-state index contributed by atoms with van der Waals surface area (Å²) in [6.07, 6.45) is 0. The molecule has 1 unspecified atom stereocenters. The van der Waals surface area contributed by atoms with Crippen LogP contribution in [0.3, 0.4) is 0 Å². The molecule has 0 radical (unpaired) electrons. The average Bonchev–Trinajstić information content (AvgIpc) is 2.86. The third kappa shape index (κ3) is 2.43. The van der Waals surface area contributed by atoms with Crippen molar-refractivity contribution in [3.8, 4) is 9.88 Å². The van der Waals surface area contributed by atoms with E-state index in [9.17, 15) is 0 Å². The lowest BCUT2D eigenvalue weighted by atomic mass is 10.3. The highest BCUT2D eigenvalue weighted by Gasteiger charge is 2.14. The number of aromatic nitrogens is 2. The van der Waals surface area contributed by atoms with Crippen molar-refractivity contribution in [1.82, 2.24) is 15.5 Å². The second-order valence-corrected chi connectivity index (χ2v) is 5.65. The van der Waals surface area contributed by atoms with Crippen molar-refractivity contribution in [3.63, 3.8) is 0 Å². The highest BCUT2D eigenvalue weighted by atomic mass is 35.5. The SMILES string of the molecule is CCNC(C)c1nnc(-c2sccc2Cl)s1. The summed E-state index contributed by atoms with van der Waals surface area (Å²) in [4.78, 5) is 1.01. The Kier molecular flexibility index (Phi) is 3.91. The molecule has 0 fully saturated rings. The molecule has 0 aliphatic carbocycles. The molecule has 1 N–H and O–H groups in total. The number of thiophene rings is 1. The standard InChI is InChI=1S/C10H12ClN3S2/c1-3-12-6(2)9-13-14-10(16-9)8-7(11)4-5-15-8/h4-6,12H,3H2,1-2H3. The fourth-order valence-electron chi connectivity index (χ4n) is 1.34. The number of nitrogens with one attached hydrogen (secondary N) is 1. The normalized spacial score (nSPS) is 12.9. The smallest absolute Gasteiger partial charge is 0.159 e. The van der Waals surface area contributed by atoms with Crippen LogP contribution in [-0.2, 0) is 0 Å². The minimum absolute atomic E-state index is 0.245. The Bertz CT molecular complexity index is 466. The van der Waals surface area contributed by atoms with Crippen LogP contribution < -0.4 is 5.32 Å². The topological polar surface area (TPSA) is 37.8 Å². The highest BCUT2D eigenvalue weighted by molar-refractivity contribution is 7.21. The first-order chi connectivity index (χ1) is 7.72. The first kappa shape index (κ1) is 12.0. The molecular formula is C10H12ClN3S2. The lowest BCUT2D eigenvalue weighted by Gasteiger charge is -2.06. The zero-order valence-electron chi connectivity index (χ0n) is 9.03. The van der Waals surface area contributed by atoms with Crippen LogP contribution in [0.5, 0.6) is 0 Å². The molecule has 86 valence electrons. The van der Waals surface area contributed by atoms with Gasteiger partial charge in [-0.15, -0.1) is 21.5 Å². The fraction of sp³-hybridized carbons (Fsp3) is 0.400. The van der Waals surface area contributed by atoms with Crippen LogP contribution in [0.15, 0.2) is 11.4 Å². The molecule has 3 nitrogen and oxygen atoms in total. The lowest BCUT2D eigenvalue weighted by Crippen LogP contribution is -2.17. The molecule has 16 heavy (non-hydrogen) atoms. The van der Waals surface area contributed by atoms with Crippen LogP contribution >= 0.6 is 34.3 Å². The Morgan fingerprint density at radius 3 is 2.94 bits per heavy atom. The third-order valence-electron chi connectivity index (χ3n) is 2.13. The molecule has 2 aromatic rings. The summed E-state index contributed by atoms with van der Waals surface area (Å²) in [6, 6.07) is 2.13. The fourth-order valence-corrected chi connectivity index (χ4v) is 3.51. The van der Waals surface area contributed by atoms with Gasteiger partial charge in [0.25, 0.3) is 0 Å². The van der Waals surface area contributed by atoms with Gasteiger partial charge in [-0.05, 0) is 24.9 Å². The Morgan fingerprint density at radius 2 is 2.31 bits per heavy atom. The number of nitrogens with zero attached hydrogens (tertiary/aromatic N) is 2. The summed E-state index contributed by atoms with van der Waals surface area (Å²) in [7, 11) is 0. The quantitative estimate of drug-likeness (QED) is 0.925. The number of rotatable bonds is 4. The molecule has 2 aromatic heterocycles. The molecule has 0 amide bonds. The zero-order valence-corrected chi connectivity index (χ0v) is 11.4. The molecule has 0 saturated heterocycles. The van der Waals surface area contributed by atoms with E-state index in [1.54, 1.807) is 22.7 Å². The molecule has 0 aromatic carbocycles. The van der Waals surface area contributed by atoms with E-state index in [0.717, 1.165) is 26.5 Å². The molecule has 0 saturated carbocycles. The first-order valence-corrected chi connectivity index (χ1v) is 7.10. The van der Waals surface area contributed by atoms with E-state index in [2.05, 4.69) is 29.4 Å². The molecule has 2 rings (SSSR count). The molecule has 0 aliphatic heterocycles. The van der Waals surface area contributed by atoms with Crippen LogP contribution in [0.2, 0.25) is 5.02 Å². The van der Waals surface area contributed by atoms with Gasteiger partial charge in [-0.1, -0.05) is 29.9 Å². The van der Waals surface area contributed by atoms with Crippen molar-refractivity contribution < 1.29 is 0 Å². The maximum atomic E-state index is 6.06. The van der Waals surface area contributed by atoms with E-state index < -0.39 is 0 Å². The van der Waals surface area contributed by atoms with Gasteiger partial charge in [0.2, 0.25) is 0 Å². The maximum Gasteiger partial charge on any atom is 0.159 e. The van der Waals surface area contributed by atoms with Crippen molar-refractivity contribution in [1.29, 1.82) is 0 Å². The van der Waals surface area contributed by atoms with E-state index in [0.29, 0.717) is 0 Å². The summed E-state index contributed by atoms with van der Waals surface area (Å²) in [6.45, 7) is 5.09. The van der Waals surface area contributed by atoms with Crippen molar-refractivity contribution in [2.45, 2.75) is 19.9 Å². The van der Waals surface area contributed by atoms with Crippen molar-refractivity contribution in [2.24, 2.45) is 0 Å². The van der Waals surface area contributed by atoms with Gasteiger partial charge in [0, 0.05) is 0 Å². The molecule has 0 bridgehead atoms. The van der Waals surface area contributed by atoms with Gasteiger partial charge in [-0.2, -0.15) is 0 Å². The molecule has 0 spiro atoms. The average molecular weight is 274 g/mol. The van der Waals surface area contributed by atoms with Gasteiger partial charge in [0.1, 0.15) is 5.01 Å². The molecule has 1 atom stereocenters. The number of hydrogen-bond donors (Lipinski definition) is 1. The predicted octanol–water partition coefficient (Wildman–Crippen LogP) is 3.59. The molecular weight excluding hydrogens is 262 g/mol. The zero-order chi connectivity index (χ0) is 11.5. The summed E-state index contributed by atoms with van der Waals surface area (Å²) in [5, 5.41) is 16.3. The van der Waals surface area contributed by atoms with Crippen LogP contribution in [0.25, 0.3) is 9.88 Å². The van der Waals surface area contributed by atoms with E-state index in [1.165, 1.54) is 0 Å². The monoisotopic (exact) mass is 273 g/mol. The second kappa shape index (κ2) is 5.23. The summed E-state index contributed by atoms with van der Waals surface area (Å²) in [5.41, 5.74) is 0. The van der Waals surface area contributed by atoms with Gasteiger partial charge >= 0.3 is 0 Å². The van der Waals surface area contributed by atoms with Crippen LogP contribution in [-0.4, -0.2) is 16.7 Å². The Labute approximate surface area is 107 Å². The molecule has 0 aliphatic rings. The highest BCUT2D eigenvalue weighted by Crippen LogP contribution is 2.35. The van der Waals surface area contributed by atoms with Gasteiger partial charge in [-0.3, -0.25) is 0 Å². The van der Waals surface area contributed by atoms with Gasteiger partial charge in [0.05, 0.1) is 15.9 Å². The second-order valence-electron chi connectivity index (χ2n) is 3.32. The van der Waals surface area contributed by atoms with Crippen LogP contribution in [0.4, 0.5) is 0 Å². The van der Waals surface area contributed by atoms with E-state index in [4.69, 9.17) is 11.6 Å². The number of hydrogen-bond acceptors (Lipinski definition) is 5. The van der Waals surface area contributed by atoms with Gasteiger partial charge in [-0.25, -0.2) is 0 Å². The van der Waals surface area contributed by atoms with Gasteiger partial charge in [0.15, 0.2) is 5.01 Å². The van der Waals surface area contributed by atoms with Gasteiger partial charge < -0.3 is 5.32 Å². The summed E-state index contributed by atoms with van der Waals surface area (Å²) >= 11 is 9.25. The van der Waals surface area contributed by atoms with E-state index in [1.807, 2.05) is 11.4 Å². The number of halogens is 1.